The Morgan fingerprint density at radius 2 is 0.938 bits per heavy atom. The lowest BCUT2D eigenvalue weighted by molar-refractivity contribution is 0.366. The summed E-state index contributed by atoms with van der Waals surface area (Å²) in [6.45, 7) is 0. The van der Waals surface area contributed by atoms with Crippen molar-refractivity contribution in [1.82, 2.24) is 0 Å². The third kappa shape index (κ3) is 8.43. The molecule has 0 unspecified atom stereocenters. The zero-order valence-corrected chi connectivity index (χ0v) is 19.7. The van der Waals surface area contributed by atoms with E-state index in [4.69, 9.17) is 22.1 Å². The second kappa shape index (κ2) is 11.7. The SMILES string of the molecule is O=S(=O)(O)CCCC[P+](c1ccccc1)(c1ccccc1)c1ccccc1.O=S(=O)([O-])O. The molecule has 0 bridgehead atoms. The van der Waals surface area contributed by atoms with E-state index in [0.29, 0.717) is 6.42 Å². The zero-order chi connectivity index (χ0) is 23.7. The molecule has 0 heterocycles. The van der Waals surface area contributed by atoms with Gasteiger partial charge in [-0.25, -0.2) is 8.42 Å². The normalized spacial score (nSPS) is 12.0. The summed E-state index contributed by atoms with van der Waals surface area (Å²) in [6.07, 6.45) is 2.04. The summed E-state index contributed by atoms with van der Waals surface area (Å²) in [4.78, 5) is 0. The minimum Gasteiger partial charge on any atom is -0.726 e. The molecular formula is C22H25O7PS2. The molecule has 7 nitrogen and oxygen atoms in total. The van der Waals surface area contributed by atoms with E-state index in [0.717, 1.165) is 12.6 Å². The molecule has 0 spiro atoms. The van der Waals surface area contributed by atoms with Gasteiger partial charge in [-0.1, -0.05) is 54.6 Å². The predicted octanol–water partition coefficient (Wildman–Crippen LogP) is 2.65. The van der Waals surface area contributed by atoms with Crippen LogP contribution in [0.3, 0.4) is 0 Å². The third-order valence-electron chi connectivity index (χ3n) is 4.74. The maximum absolute atomic E-state index is 11.1. The molecule has 0 aliphatic heterocycles. The molecule has 0 atom stereocenters. The highest BCUT2D eigenvalue weighted by Gasteiger charge is 2.44. The van der Waals surface area contributed by atoms with Crippen molar-refractivity contribution in [1.29, 1.82) is 0 Å². The Kier molecular flexibility index (Phi) is 9.51. The summed E-state index contributed by atoms with van der Waals surface area (Å²) in [7, 11) is -10.8. The Bertz CT molecular complexity index is 1060. The van der Waals surface area contributed by atoms with Crippen molar-refractivity contribution in [3.05, 3.63) is 91.0 Å². The largest absolute Gasteiger partial charge is 0.726 e. The van der Waals surface area contributed by atoms with E-state index in [1.165, 1.54) is 15.9 Å². The maximum Gasteiger partial charge on any atom is 0.264 e. The minimum atomic E-state index is -4.92. The van der Waals surface area contributed by atoms with Crippen molar-refractivity contribution in [3.63, 3.8) is 0 Å². The molecule has 0 fully saturated rings. The molecular weight excluding hydrogens is 471 g/mol. The van der Waals surface area contributed by atoms with Gasteiger partial charge < -0.3 is 4.55 Å². The quantitative estimate of drug-likeness (QED) is 0.212. The van der Waals surface area contributed by atoms with Crippen LogP contribution in [0.5, 0.6) is 0 Å². The molecule has 0 saturated carbocycles. The van der Waals surface area contributed by atoms with E-state index in [1.54, 1.807) is 0 Å². The van der Waals surface area contributed by atoms with Gasteiger partial charge in [0, 0.05) is 0 Å². The van der Waals surface area contributed by atoms with Crippen LogP contribution in [0.15, 0.2) is 91.0 Å². The Hall–Kier alpha value is -2.13. The van der Waals surface area contributed by atoms with Crippen LogP contribution >= 0.6 is 7.26 Å². The first-order chi connectivity index (χ1) is 15.0. The molecule has 2 N–H and O–H groups in total. The monoisotopic (exact) mass is 496 g/mol. The van der Waals surface area contributed by atoms with E-state index in [9.17, 15) is 8.42 Å². The second-order valence-electron chi connectivity index (χ2n) is 6.96. The smallest absolute Gasteiger partial charge is 0.264 e. The Balaban J connectivity index is 0.000000654. The third-order valence-corrected chi connectivity index (χ3v) is 10.1. The van der Waals surface area contributed by atoms with Gasteiger partial charge >= 0.3 is 0 Å². The van der Waals surface area contributed by atoms with Crippen LogP contribution in [-0.4, -0.2) is 42.4 Å². The minimum absolute atomic E-state index is 0.189. The fraction of sp³-hybridized carbons (Fsp3) is 0.182. The number of hydrogen-bond donors (Lipinski definition) is 2. The van der Waals surface area contributed by atoms with Crippen LogP contribution in [0.1, 0.15) is 12.8 Å². The van der Waals surface area contributed by atoms with Gasteiger partial charge in [-0.2, -0.15) is 8.42 Å². The molecule has 3 aromatic carbocycles. The highest BCUT2D eigenvalue weighted by molar-refractivity contribution is 7.95. The highest BCUT2D eigenvalue weighted by atomic mass is 32.3. The average Bonchev–Trinajstić information content (AvgIpc) is 2.74. The van der Waals surface area contributed by atoms with Gasteiger partial charge in [0.05, 0.1) is 11.9 Å². The fourth-order valence-electron chi connectivity index (χ4n) is 3.52. The molecule has 0 aliphatic rings. The van der Waals surface area contributed by atoms with Gasteiger partial charge in [0.25, 0.3) is 10.1 Å². The standard InChI is InChI=1S/C22H23O3PS.H2O4S/c23-27(24,25)19-11-10-18-26(20-12-4-1-5-13-20,21-14-6-2-7-15-21)22-16-8-3-9-17-22;1-5(2,3)4/h1-9,12-17H,10-11,18-19H2;(H2,1,2,3,4). The van der Waals surface area contributed by atoms with Gasteiger partial charge in [0.15, 0.2) is 0 Å². The van der Waals surface area contributed by atoms with E-state index in [1.807, 2.05) is 18.2 Å². The lowest BCUT2D eigenvalue weighted by Crippen LogP contribution is -2.33. The number of rotatable bonds is 8. The van der Waals surface area contributed by atoms with E-state index in [2.05, 4.69) is 72.8 Å². The van der Waals surface area contributed by atoms with Crippen LogP contribution in [0.25, 0.3) is 0 Å². The second-order valence-corrected chi connectivity index (χ2v) is 13.0. The van der Waals surface area contributed by atoms with Crippen molar-refractivity contribution < 1.29 is 30.5 Å². The summed E-state index contributed by atoms with van der Waals surface area (Å²) >= 11 is 0. The molecule has 0 aromatic heterocycles. The molecule has 3 rings (SSSR count). The fourth-order valence-corrected chi connectivity index (χ4v) is 8.49. The van der Waals surface area contributed by atoms with Crippen molar-refractivity contribution in [2.45, 2.75) is 12.8 Å². The van der Waals surface area contributed by atoms with Crippen molar-refractivity contribution in [3.8, 4) is 0 Å². The Morgan fingerprint density at radius 1 is 0.625 bits per heavy atom. The topological polar surface area (TPSA) is 132 Å². The van der Waals surface area contributed by atoms with Crippen LogP contribution in [0.4, 0.5) is 0 Å². The van der Waals surface area contributed by atoms with Crippen LogP contribution < -0.4 is 15.9 Å². The van der Waals surface area contributed by atoms with Crippen LogP contribution in [0, 0.1) is 0 Å². The molecule has 172 valence electrons. The Morgan fingerprint density at radius 3 is 1.22 bits per heavy atom. The van der Waals surface area contributed by atoms with E-state index < -0.39 is 27.8 Å². The summed E-state index contributed by atoms with van der Waals surface area (Å²) in [5.74, 6) is -0.189. The molecule has 0 amide bonds. The first-order valence-corrected chi connectivity index (χ1v) is 14.7. The van der Waals surface area contributed by atoms with E-state index in [-0.39, 0.29) is 5.75 Å². The first-order valence-electron chi connectivity index (χ1n) is 9.71. The molecule has 32 heavy (non-hydrogen) atoms. The summed E-state index contributed by atoms with van der Waals surface area (Å²) < 4.78 is 64.2. The lowest BCUT2D eigenvalue weighted by atomic mass is 10.3. The van der Waals surface area contributed by atoms with Gasteiger partial charge in [-0.15, -0.1) is 0 Å². The molecule has 3 aromatic rings. The van der Waals surface area contributed by atoms with Crippen molar-refractivity contribution in [2.24, 2.45) is 0 Å². The van der Waals surface area contributed by atoms with Gasteiger partial charge in [-0.3, -0.25) is 9.11 Å². The van der Waals surface area contributed by atoms with Crippen LogP contribution in [-0.2, 0) is 20.5 Å². The Labute approximate surface area is 189 Å². The number of unbranched alkanes of at least 4 members (excludes halogenated alkanes) is 1. The van der Waals surface area contributed by atoms with Crippen molar-refractivity contribution >= 4 is 43.7 Å². The van der Waals surface area contributed by atoms with Crippen molar-refractivity contribution in [2.75, 3.05) is 11.9 Å². The molecule has 0 radical (unpaired) electrons. The number of benzene rings is 3. The average molecular weight is 497 g/mol. The van der Waals surface area contributed by atoms with Crippen LogP contribution in [0.2, 0.25) is 0 Å². The van der Waals surface area contributed by atoms with Gasteiger partial charge in [0.2, 0.25) is 10.4 Å². The molecule has 0 saturated heterocycles. The molecule has 0 aliphatic carbocycles. The van der Waals surface area contributed by atoms with E-state index >= 15 is 0 Å². The predicted molar refractivity (Wildman–Crippen MR) is 128 cm³/mol. The highest BCUT2D eigenvalue weighted by Crippen LogP contribution is 2.55. The lowest BCUT2D eigenvalue weighted by Gasteiger charge is -2.27. The summed E-state index contributed by atoms with van der Waals surface area (Å²) in [6, 6.07) is 31.5. The van der Waals surface area contributed by atoms with Gasteiger partial charge in [0.1, 0.15) is 23.2 Å². The zero-order valence-electron chi connectivity index (χ0n) is 17.2. The molecule has 10 heteroatoms. The van der Waals surface area contributed by atoms with Gasteiger partial charge in [-0.05, 0) is 49.2 Å². The maximum atomic E-state index is 11.1. The first kappa shape index (κ1) is 26.1. The number of hydrogen-bond acceptors (Lipinski definition) is 5. The summed E-state index contributed by atoms with van der Waals surface area (Å²) in [5, 5.41) is 3.86. The summed E-state index contributed by atoms with van der Waals surface area (Å²) in [5.41, 5.74) is 0.